The first-order chi connectivity index (χ1) is 11.4. The van der Waals surface area contributed by atoms with Crippen LogP contribution < -0.4 is 10.2 Å². The smallest absolute Gasteiger partial charge is 0.270 e. The Morgan fingerprint density at radius 3 is 2.75 bits per heavy atom. The highest BCUT2D eigenvalue weighted by molar-refractivity contribution is 7.15. The number of nitro groups is 1. The maximum absolute atomic E-state index is 12.5. The average Bonchev–Trinajstić information content (AvgIpc) is 2.99. The third-order valence-corrected chi connectivity index (χ3v) is 4.25. The molecule has 2 rings (SSSR count). The van der Waals surface area contributed by atoms with E-state index in [9.17, 15) is 14.9 Å². The van der Waals surface area contributed by atoms with Crippen molar-refractivity contribution in [1.29, 1.82) is 0 Å². The van der Waals surface area contributed by atoms with Crippen LogP contribution in [0.15, 0.2) is 18.2 Å². The van der Waals surface area contributed by atoms with Gasteiger partial charge in [-0.3, -0.25) is 20.2 Å². The lowest BCUT2D eigenvalue weighted by Crippen LogP contribution is -2.18. The van der Waals surface area contributed by atoms with Gasteiger partial charge in [-0.2, -0.15) is 0 Å². The lowest BCUT2D eigenvalue weighted by atomic mass is 10.1. The van der Waals surface area contributed by atoms with Gasteiger partial charge in [-0.25, -0.2) is 0 Å². The Hall–Kier alpha value is -2.55. The van der Waals surface area contributed by atoms with Crippen LogP contribution in [0.2, 0.25) is 0 Å². The predicted octanol–water partition coefficient (Wildman–Crippen LogP) is 3.11. The third-order valence-electron chi connectivity index (χ3n) is 3.35. The fraction of sp³-hybridized carbons (Fsp3) is 0.400. The van der Waals surface area contributed by atoms with Crippen LogP contribution >= 0.6 is 11.3 Å². The maximum Gasteiger partial charge on any atom is 0.270 e. The van der Waals surface area contributed by atoms with Gasteiger partial charge in [-0.1, -0.05) is 24.7 Å². The van der Waals surface area contributed by atoms with Crippen molar-refractivity contribution in [3.05, 3.63) is 38.9 Å². The van der Waals surface area contributed by atoms with Crippen molar-refractivity contribution in [3.8, 4) is 0 Å². The zero-order chi connectivity index (χ0) is 17.7. The number of benzene rings is 1. The summed E-state index contributed by atoms with van der Waals surface area (Å²) in [6.07, 6.45) is 2.89. The van der Waals surface area contributed by atoms with Crippen molar-refractivity contribution in [3.63, 3.8) is 0 Å². The summed E-state index contributed by atoms with van der Waals surface area (Å²) in [7, 11) is 3.54. The molecule has 0 aliphatic carbocycles. The molecule has 1 aromatic heterocycles. The molecule has 128 valence electrons. The largest absolute Gasteiger partial charge is 0.377 e. The van der Waals surface area contributed by atoms with Gasteiger partial charge in [0.25, 0.3) is 11.6 Å². The first kappa shape index (κ1) is 17.8. The highest BCUT2D eigenvalue weighted by atomic mass is 32.1. The van der Waals surface area contributed by atoms with E-state index >= 15 is 0 Å². The summed E-state index contributed by atoms with van der Waals surface area (Å²) in [4.78, 5) is 24.7. The van der Waals surface area contributed by atoms with E-state index in [-0.39, 0.29) is 11.3 Å². The molecule has 0 radical (unpaired) electrons. The minimum atomic E-state index is -0.524. The number of aromatic nitrogens is 2. The highest BCUT2D eigenvalue weighted by Gasteiger charge is 2.19. The molecule has 1 N–H and O–H groups in total. The molecular weight excluding hydrogens is 330 g/mol. The third kappa shape index (κ3) is 4.25. The number of amides is 1. The number of carbonyl (C=O) groups excluding carboxylic acids is 1. The SMILES string of the molecule is CCCCc1nnc(NC(=O)c2cc([N+](=O)[O-])ccc2N(C)C)s1. The fourth-order valence-electron chi connectivity index (χ4n) is 2.11. The van der Waals surface area contributed by atoms with Gasteiger partial charge in [0.1, 0.15) is 5.01 Å². The molecule has 0 atom stereocenters. The van der Waals surface area contributed by atoms with Crippen LogP contribution in [0.4, 0.5) is 16.5 Å². The van der Waals surface area contributed by atoms with E-state index in [2.05, 4.69) is 22.4 Å². The van der Waals surface area contributed by atoms with E-state index < -0.39 is 10.8 Å². The van der Waals surface area contributed by atoms with Gasteiger partial charge in [0.2, 0.25) is 5.13 Å². The van der Waals surface area contributed by atoms with Gasteiger partial charge < -0.3 is 4.90 Å². The zero-order valence-electron chi connectivity index (χ0n) is 13.8. The van der Waals surface area contributed by atoms with Crippen LogP contribution in [0.25, 0.3) is 0 Å². The summed E-state index contributed by atoms with van der Waals surface area (Å²) in [6, 6.07) is 4.20. The van der Waals surface area contributed by atoms with Crippen LogP contribution in [0.5, 0.6) is 0 Å². The second-order valence-electron chi connectivity index (χ2n) is 5.41. The predicted molar refractivity (Wildman–Crippen MR) is 93.9 cm³/mol. The Balaban J connectivity index is 2.23. The second kappa shape index (κ2) is 7.82. The molecule has 0 saturated heterocycles. The molecule has 2 aromatic rings. The summed E-state index contributed by atoms with van der Waals surface area (Å²) < 4.78 is 0. The summed E-state index contributed by atoms with van der Waals surface area (Å²) in [5, 5.41) is 22.9. The number of nitro benzene ring substituents is 1. The summed E-state index contributed by atoms with van der Waals surface area (Å²) in [5.74, 6) is -0.444. The maximum atomic E-state index is 12.5. The number of aryl methyl sites for hydroxylation is 1. The molecule has 24 heavy (non-hydrogen) atoms. The number of unbranched alkanes of at least 4 members (excludes halogenated alkanes) is 1. The van der Waals surface area contributed by atoms with Crippen LogP contribution in [-0.2, 0) is 6.42 Å². The van der Waals surface area contributed by atoms with Crippen molar-refractivity contribution >= 4 is 33.8 Å². The molecule has 0 bridgehead atoms. The number of carbonyl (C=O) groups is 1. The molecule has 9 heteroatoms. The Morgan fingerprint density at radius 1 is 1.38 bits per heavy atom. The van der Waals surface area contributed by atoms with Gasteiger partial charge in [-0.05, 0) is 12.5 Å². The van der Waals surface area contributed by atoms with Crippen LogP contribution in [0.1, 0.15) is 35.1 Å². The van der Waals surface area contributed by atoms with E-state index in [4.69, 9.17) is 0 Å². The van der Waals surface area contributed by atoms with Crippen LogP contribution in [0.3, 0.4) is 0 Å². The number of non-ortho nitro benzene ring substituents is 1. The van der Waals surface area contributed by atoms with Crippen molar-refractivity contribution in [2.45, 2.75) is 26.2 Å². The minimum absolute atomic E-state index is 0.133. The van der Waals surface area contributed by atoms with Crippen LogP contribution in [-0.4, -0.2) is 35.1 Å². The van der Waals surface area contributed by atoms with Gasteiger partial charge in [0.05, 0.1) is 10.5 Å². The molecule has 0 fully saturated rings. The molecule has 0 aliphatic heterocycles. The first-order valence-corrected chi connectivity index (χ1v) is 8.33. The van der Waals surface area contributed by atoms with E-state index in [1.165, 1.54) is 23.5 Å². The second-order valence-corrected chi connectivity index (χ2v) is 6.47. The van der Waals surface area contributed by atoms with Crippen molar-refractivity contribution in [2.24, 2.45) is 0 Å². The molecule has 0 spiro atoms. The average molecular weight is 349 g/mol. The lowest BCUT2D eigenvalue weighted by molar-refractivity contribution is -0.384. The number of rotatable bonds is 7. The Bertz CT molecular complexity index is 744. The van der Waals surface area contributed by atoms with Gasteiger partial charge in [0, 0.05) is 38.3 Å². The topological polar surface area (TPSA) is 101 Å². The number of nitrogens with one attached hydrogen (secondary N) is 1. The van der Waals surface area contributed by atoms with Crippen molar-refractivity contribution in [1.82, 2.24) is 10.2 Å². The molecule has 1 amide bonds. The zero-order valence-corrected chi connectivity index (χ0v) is 14.6. The van der Waals surface area contributed by atoms with Gasteiger partial charge in [0.15, 0.2) is 0 Å². The number of hydrogen-bond donors (Lipinski definition) is 1. The van der Waals surface area contributed by atoms with Crippen molar-refractivity contribution in [2.75, 3.05) is 24.3 Å². The molecular formula is C15H19N5O3S. The minimum Gasteiger partial charge on any atom is -0.377 e. The van der Waals surface area contributed by atoms with E-state index in [1.807, 2.05) is 0 Å². The van der Waals surface area contributed by atoms with Crippen LogP contribution in [0, 0.1) is 10.1 Å². The highest BCUT2D eigenvalue weighted by Crippen LogP contribution is 2.26. The molecule has 0 unspecified atom stereocenters. The van der Waals surface area contributed by atoms with Gasteiger partial charge in [-0.15, -0.1) is 10.2 Å². The standard InChI is InChI=1S/C15H19N5O3S/c1-4-5-6-13-17-18-15(24-13)16-14(21)11-9-10(20(22)23)7-8-12(11)19(2)3/h7-9H,4-6H2,1-3H3,(H,16,18,21). The Kier molecular flexibility index (Phi) is 5.80. The first-order valence-electron chi connectivity index (χ1n) is 7.52. The summed E-state index contributed by atoms with van der Waals surface area (Å²) in [5.41, 5.74) is 0.681. The monoisotopic (exact) mass is 349 g/mol. The molecule has 0 aliphatic rings. The van der Waals surface area contributed by atoms with E-state index in [0.29, 0.717) is 10.8 Å². The quantitative estimate of drug-likeness (QED) is 0.609. The normalized spacial score (nSPS) is 10.5. The van der Waals surface area contributed by atoms with E-state index in [0.717, 1.165) is 24.3 Å². The lowest BCUT2D eigenvalue weighted by Gasteiger charge is -2.16. The molecule has 1 aromatic carbocycles. The number of nitrogens with zero attached hydrogens (tertiary/aromatic N) is 4. The Labute approximate surface area is 143 Å². The summed E-state index contributed by atoms with van der Waals surface area (Å²) in [6.45, 7) is 2.09. The fourth-order valence-corrected chi connectivity index (χ4v) is 2.88. The Morgan fingerprint density at radius 2 is 2.12 bits per heavy atom. The molecule has 8 nitrogen and oxygen atoms in total. The number of anilines is 2. The van der Waals surface area contributed by atoms with Gasteiger partial charge >= 0.3 is 0 Å². The van der Waals surface area contributed by atoms with E-state index in [1.54, 1.807) is 25.1 Å². The summed E-state index contributed by atoms with van der Waals surface area (Å²) >= 11 is 1.32. The molecule has 1 heterocycles. The molecule has 0 saturated carbocycles. The van der Waals surface area contributed by atoms with Crippen molar-refractivity contribution < 1.29 is 9.72 Å². The number of hydrogen-bond acceptors (Lipinski definition) is 7.